The molecule has 140 valence electrons. The van der Waals surface area contributed by atoms with Gasteiger partial charge in [-0.25, -0.2) is 4.98 Å². The molecule has 0 bridgehead atoms. The highest BCUT2D eigenvalue weighted by molar-refractivity contribution is 7.11. The number of benzene rings is 2. The zero-order valence-corrected chi connectivity index (χ0v) is 15.8. The summed E-state index contributed by atoms with van der Waals surface area (Å²) in [5, 5.41) is 30.1. The van der Waals surface area contributed by atoms with Gasteiger partial charge in [0.05, 0.1) is 28.1 Å². The van der Waals surface area contributed by atoms with Crippen molar-refractivity contribution in [2.24, 2.45) is 0 Å². The molecule has 0 aliphatic carbocycles. The minimum atomic E-state index is -0.448. The van der Waals surface area contributed by atoms with Gasteiger partial charge in [-0.1, -0.05) is 42.5 Å². The summed E-state index contributed by atoms with van der Waals surface area (Å²) in [6.45, 7) is 0. The highest BCUT2D eigenvalue weighted by Gasteiger charge is 2.14. The van der Waals surface area contributed by atoms with Crippen LogP contribution in [-0.2, 0) is 0 Å². The van der Waals surface area contributed by atoms with Gasteiger partial charge in [0.2, 0.25) is 0 Å². The van der Waals surface area contributed by atoms with E-state index in [0.29, 0.717) is 27.4 Å². The van der Waals surface area contributed by atoms with Crippen molar-refractivity contribution in [1.82, 2.24) is 15.2 Å². The number of allylic oxidation sites excluding steroid dienone is 1. The smallest absolute Gasteiger partial charge is 0.270 e. The second-order valence-corrected chi connectivity index (χ2v) is 6.94. The maximum absolute atomic E-state index is 11.1. The Kier molecular flexibility index (Phi) is 4.97. The number of hydrogen-bond donors (Lipinski definition) is 1. The van der Waals surface area contributed by atoms with Crippen LogP contribution < -0.4 is 0 Å². The maximum Gasteiger partial charge on any atom is 0.270 e. The van der Waals surface area contributed by atoms with E-state index in [0.717, 1.165) is 11.3 Å². The number of nitro benzene ring substituents is 1. The summed E-state index contributed by atoms with van der Waals surface area (Å²) in [6.07, 6.45) is 3.27. The molecule has 0 aliphatic rings. The molecular weight excluding hydrogens is 386 g/mol. The van der Waals surface area contributed by atoms with Crippen molar-refractivity contribution in [3.05, 3.63) is 86.9 Å². The quantitative estimate of drug-likeness (QED) is 0.283. The lowest BCUT2D eigenvalue weighted by Gasteiger charge is -2.01. The molecule has 4 aromatic rings. The first-order valence-electron chi connectivity index (χ1n) is 8.57. The Labute approximate surface area is 169 Å². The van der Waals surface area contributed by atoms with Gasteiger partial charge in [0, 0.05) is 34.2 Å². The van der Waals surface area contributed by atoms with Gasteiger partial charge in [0.15, 0.2) is 0 Å². The highest BCUT2D eigenvalue weighted by Crippen LogP contribution is 2.30. The van der Waals surface area contributed by atoms with Crippen LogP contribution in [-0.4, -0.2) is 20.1 Å². The average Bonchev–Trinajstić information content (AvgIpc) is 3.42. The zero-order valence-electron chi connectivity index (χ0n) is 14.9. The van der Waals surface area contributed by atoms with Crippen LogP contribution in [0.4, 0.5) is 5.69 Å². The Balaban J connectivity index is 1.71. The third-order valence-electron chi connectivity index (χ3n) is 4.24. The van der Waals surface area contributed by atoms with Crippen LogP contribution in [0.25, 0.3) is 34.2 Å². The molecular formula is C21H13N5O2S. The monoisotopic (exact) mass is 399 g/mol. The Bertz CT molecular complexity index is 1250. The second kappa shape index (κ2) is 7.88. The standard InChI is InChI=1S/C21H13N5O2S/c22-11-16(21-24-19(13-29-21)14-5-2-1-3-6-14)9-17-12-23-25-20(17)15-7-4-8-18(10-15)26(27)28/h1-10,12-13H,(H,23,25). The third kappa shape index (κ3) is 3.81. The van der Waals surface area contributed by atoms with Crippen LogP contribution >= 0.6 is 11.3 Å². The van der Waals surface area contributed by atoms with Crippen LogP contribution in [0, 0.1) is 21.4 Å². The topological polar surface area (TPSA) is 108 Å². The number of nitrogens with one attached hydrogen (secondary N) is 1. The number of H-pyrrole nitrogens is 1. The van der Waals surface area contributed by atoms with Crippen molar-refractivity contribution < 1.29 is 4.92 Å². The number of rotatable bonds is 5. The SMILES string of the molecule is N#CC(=Cc1cn[nH]c1-c1cccc([N+](=O)[O-])c1)c1nc(-c2ccccc2)cs1. The molecule has 2 aromatic carbocycles. The van der Waals surface area contributed by atoms with Crippen molar-refractivity contribution in [2.75, 3.05) is 0 Å². The molecule has 4 rings (SSSR count). The van der Waals surface area contributed by atoms with Crippen molar-refractivity contribution >= 4 is 28.7 Å². The van der Waals surface area contributed by atoms with Gasteiger partial charge in [-0.2, -0.15) is 10.4 Å². The number of nitro groups is 1. The van der Waals surface area contributed by atoms with E-state index in [1.807, 2.05) is 35.7 Å². The average molecular weight is 399 g/mol. The van der Waals surface area contributed by atoms with Crippen LogP contribution in [0.3, 0.4) is 0 Å². The molecule has 2 aromatic heterocycles. The lowest BCUT2D eigenvalue weighted by atomic mass is 10.1. The van der Waals surface area contributed by atoms with E-state index in [9.17, 15) is 15.4 Å². The van der Waals surface area contributed by atoms with Gasteiger partial charge in [0.25, 0.3) is 5.69 Å². The molecule has 0 fully saturated rings. The maximum atomic E-state index is 11.1. The summed E-state index contributed by atoms with van der Waals surface area (Å²) in [5.74, 6) is 0. The number of hydrogen-bond acceptors (Lipinski definition) is 6. The number of aromatic nitrogens is 3. The van der Waals surface area contributed by atoms with E-state index in [-0.39, 0.29) is 5.69 Å². The van der Waals surface area contributed by atoms with Crippen LogP contribution in [0.5, 0.6) is 0 Å². The van der Waals surface area contributed by atoms with Gasteiger partial charge in [-0.3, -0.25) is 15.2 Å². The van der Waals surface area contributed by atoms with Gasteiger partial charge in [-0.15, -0.1) is 11.3 Å². The molecule has 0 aliphatic heterocycles. The van der Waals surface area contributed by atoms with E-state index in [1.165, 1.54) is 23.5 Å². The number of non-ortho nitro benzene ring substituents is 1. The molecule has 8 heteroatoms. The third-order valence-corrected chi connectivity index (χ3v) is 5.11. The first-order valence-corrected chi connectivity index (χ1v) is 9.45. The fourth-order valence-electron chi connectivity index (χ4n) is 2.85. The number of aromatic amines is 1. The molecule has 2 heterocycles. The van der Waals surface area contributed by atoms with E-state index >= 15 is 0 Å². The van der Waals surface area contributed by atoms with Crippen molar-refractivity contribution in [3.63, 3.8) is 0 Å². The molecule has 7 nitrogen and oxygen atoms in total. The summed E-state index contributed by atoms with van der Waals surface area (Å²) in [6, 6.07) is 18.2. The van der Waals surface area contributed by atoms with Gasteiger partial charge >= 0.3 is 0 Å². The van der Waals surface area contributed by atoms with Gasteiger partial charge < -0.3 is 0 Å². The minimum absolute atomic E-state index is 0.0139. The van der Waals surface area contributed by atoms with Gasteiger partial charge in [0.1, 0.15) is 11.1 Å². The van der Waals surface area contributed by atoms with E-state index in [1.54, 1.807) is 24.4 Å². The fraction of sp³-hybridized carbons (Fsp3) is 0. The summed E-state index contributed by atoms with van der Waals surface area (Å²) < 4.78 is 0. The normalized spacial score (nSPS) is 11.2. The van der Waals surface area contributed by atoms with E-state index in [2.05, 4.69) is 21.3 Å². The first kappa shape index (κ1) is 18.3. The lowest BCUT2D eigenvalue weighted by Crippen LogP contribution is -1.89. The van der Waals surface area contributed by atoms with E-state index in [4.69, 9.17) is 0 Å². The molecule has 0 saturated heterocycles. The van der Waals surface area contributed by atoms with Crippen molar-refractivity contribution in [1.29, 1.82) is 5.26 Å². The van der Waals surface area contributed by atoms with Gasteiger partial charge in [-0.05, 0) is 6.08 Å². The molecule has 0 spiro atoms. The Morgan fingerprint density at radius 3 is 2.72 bits per heavy atom. The largest absolute Gasteiger partial charge is 0.277 e. The Morgan fingerprint density at radius 2 is 1.97 bits per heavy atom. The summed E-state index contributed by atoms with van der Waals surface area (Å²) in [5.41, 5.74) is 4.03. The zero-order chi connectivity index (χ0) is 20.2. The molecule has 29 heavy (non-hydrogen) atoms. The summed E-state index contributed by atoms with van der Waals surface area (Å²) in [7, 11) is 0. The predicted octanol–water partition coefficient (Wildman–Crippen LogP) is 5.17. The number of nitriles is 1. The fourth-order valence-corrected chi connectivity index (χ4v) is 3.64. The molecule has 0 amide bonds. The Morgan fingerprint density at radius 1 is 1.17 bits per heavy atom. The molecule has 0 radical (unpaired) electrons. The molecule has 0 unspecified atom stereocenters. The van der Waals surface area contributed by atoms with Crippen molar-refractivity contribution in [3.8, 4) is 28.6 Å². The summed E-state index contributed by atoms with van der Waals surface area (Å²) >= 11 is 1.39. The molecule has 1 N–H and O–H groups in total. The molecule has 0 saturated carbocycles. The Hall–Kier alpha value is -4.09. The van der Waals surface area contributed by atoms with Crippen LogP contribution in [0.1, 0.15) is 10.6 Å². The number of thiazole rings is 1. The second-order valence-electron chi connectivity index (χ2n) is 6.08. The lowest BCUT2D eigenvalue weighted by molar-refractivity contribution is -0.384. The van der Waals surface area contributed by atoms with E-state index < -0.39 is 4.92 Å². The summed E-state index contributed by atoms with van der Waals surface area (Å²) in [4.78, 5) is 15.2. The van der Waals surface area contributed by atoms with Crippen molar-refractivity contribution in [2.45, 2.75) is 0 Å². The van der Waals surface area contributed by atoms with Crippen LogP contribution in [0.15, 0.2) is 66.2 Å². The number of nitrogens with zero attached hydrogens (tertiary/aromatic N) is 4. The minimum Gasteiger partial charge on any atom is -0.277 e. The molecule has 0 atom stereocenters. The predicted molar refractivity (Wildman–Crippen MR) is 112 cm³/mol. The first-order chi connectivity index (χ1) is 14.2. The van der Waals surface area contributed by atoms with Crippen LogP contribution in [0.2, 0.25) is 0 Å². The highest BCUT2D eigenvalue weighted by atomic mass is 32.1.